The van der Waals surface area contributed by atoms with Crippen molar-refractivity contribution < 1.29 is 4.74 Å². The fourth-order valence-corrected chi connectivity index (χ4v) is 2.48. The Balaban J connectivity index is 2.37. The highest BCUT2D eigenvalue weighted by atomic mass is 35.5. The number of aryl methyl sites for hydroxylation is 2. The lowest BCUT2D eigenvalue weighted by Crippen LogP contribution is -2.21. The van der Waals surface area contributed by atoms with Crippen LogP contribution in [-0.2, 0) is 11.3 Å². The van der Waals surface area contributed by atoms with Crippen molar-refractivity contribution in [2.45, 2.75) is 26.4 Å². The van der Waals surface area contributed by atoms with Gasteiger partial charge in [-0.05, 0) is 25.0 Å². The maximum absolute atomic E-state index is 6.34. The van der Waals surface area contributed by atoms with Crippen LogP contribution in [0.2, 0.25) is 5.02 Å². The first-order valence-electron chi connectivity index (χ1n) is 6.43. The van der Waals surface area contributed by atoms with E-state index in [9.17, 15) is 0 Å². The van der Waals surface area contributed by atoms with Crippen molar-refractivity contribution in [3.63, 3.8) is 0 Å². The molecule has 0 saturated carbocycles. The quantitative estimate of drug-likeness (QED) is 0.918. The fraction of sp³-hybridized carbons (Fsp3) is 0.429. The van der Waals surface area contributed by atoms with Crippen LogP contribution in [0.3, 0.4) is 0 Å². The third-order valence-corrected chi connectivity index (χ3v) is 3.48. The van der Waals surface area contributed by atoms with E-state index in [-0.39, 0.29) is 0 Å². The van der Waals surface area contributed by atoms with Gasteiger partial charge in [0.05, 0.1) is 41.8 Å². The van der Waals surface area contributed by atoms with Gasteiger partial charge in [-0.25, -0.2) is 0 Å². The summed E-state index contributed by atoms with van der Waals surface area (Å²) in [5.74, 6) is 0. The summed E-state index contributed by atoms with van der Waals surface area (Å²) in [4.78, 5) is 4.44. The molecule has 1 unspecified atom stereocenters. The van der Waals surface area contributed by atoms with Gasteiger partial charge in [-0.3, -0.25) is 9.67 Å². The highest BCUT2D eigenvalue weighted by Gasteiger charge is 2.21. The summed E-state index contributed by atoms with van der Waals surface area (Å²) in [6.45, 7) is 5.17. The van der Waals surface area contributed by atoms with Crippen LogP contribution in [0, 0.1) is 13.8 Å². The predicted molar refractivity (Wildman–Crippen MR) is 78.9 cm³/mol. The first kappa shape index (κ1) is 15.0. The highest BCUT2D eigenvalue weighted by Crippen LogP contribution is 2.27. The van der Waals surface area contributed by atoms with Crippen LogP contribution in [-0.4, -0.2) is 28.5 Å². The summed E-state index contributed by atoms with van der Waals surface area (Å²) >= 11 is 6.22. The monoisotopic (exact) mass is 294 g/mol. The number of rotatable bonds is 5. The van der Waals surface area contributed by atoms with Crippen LogP contribution in [0.25, 0.3) is 0 Å². The van der Waals surface area contributed by atoms with E-state index in [1.54, 1.807) is 18.0 Å². The van der Waals surface area contributed by atoms with Crippen LogP contribution in [0.15, 0.2) is 18.5 Å². The number of halogens is 1. The molecular weight excluding hydrogens is 276 g/mol. The Kier molecular flexibility index (Phi) is 4.75. The Bertz CT molecular complexity index is 597. The summed E-state index contributed by atoms with van der Waals surface area (Å²) in [5.41, 5.74) is 10.1. The average molecular weight is 295 g/mol. The number of hydrogen-bond donors (Lipinski definition) is 1. The van der Waals surface area contributed by atoms with Crippen LogP contribution in [0.4, 0.5) is 0 Å². The zero-order valence-corrected chi connectivity index (χ0v) is 12.7. The van der Waals surface area contributed by atoms with Crippen molar-refractivity contribution in [2.75, 3.05) is 13.7 Å². The molecule has 2 heterocycles. The van der Waals surface area contributed by atoms with Gasteiger partial charge in [-0.15, -0.1) is 0 Å². The molecule has 0 aliphatic heterocycles. The van der Waals surface area contributed by atoms with Crippen molar-refractivity contribution in [3.8, 4) is 0 Å². The highest BCUT2D eigenvalue weighted by molar-refractivity contribution is 6.31. The van der Waals surface area contributed by atoms with Gasteiger partial charge in [0, 0.05) is 13.3 Å². The molecular formula is C14H19ClN4O. The van der Waals surface area contributed by atoms with E-state index in [1.165, 1.54) is 0 Å². The third kappa shape index (κ3) is 3.00. The van der Waals surface area contributed by atoms with Gasteiger partial charge in [0.2, 0.25) is 0 Å². The van der Waals surface area contributed by atoms with Crippen molar-refractivity contribution in [2.24, 2.45) is 5.73 Å². The number of methoxy groups -OCH3 is 1. The van der Waals surface area contributed by atoms with Gasteiger partial charge in [-0.1, -0.05) is 17.7 Å². The van der Waals surface area contributed by atoms with E-state index in [2.05, 4.69) is 16.1 Å². The molecule has 0 spiro atoms. The van der Waals surface area contributed by atoms with Crippen LogP contribution in [0.1, 0.15) is 28.6 Å². The van der Waals surface area contributed by atoms with Gasteiger partial charge in [0.15, 0.2) is 0 Å². The molecule has 0 fully saturated rings. The van der Waals surface area contributed by atoms with Gasteiger partial charge in [-0.2, -0.15) is 5.10 Å². The standard InChI is InChI=1S/C14H19ClN4O/c1-9-6-10(2)13(17-7-9)12(16)14-11(15)8-18-19(14)4-5-20-3/h6-8,12H,4-5,16H2,1-3H3. The summed E-state index contributed by atoms with van der Waals surface area (Å²) < 4.78 is 6.85. The third-order valence-electron chi connectivity index (χ3n) is 3.19. The molecule has 0 radical (unpaired) electrons. The molecule has 2 N–H and O–H groups in total. The SMILES string of the molecule is COCCn1ncc(Cl)c1C(N)c1ncc(C)cc1C. The molecule has 20 heavy (non-hydrogen) atoms. The number of ether oxygens (including phenoxy) is 1. The van der Waals surface area contributed by atoms with Gasteiger partial charge >= 0.3 is 0 Å². The summed E-state index contributed by atoms with van der Waals surface area (Å²) in [5, 5.41) is 4.80. The second-order valence-corrected chi connectivity index (χ2v) is 5.19. The van der Waals surface area contributed by atoms with Gasteiger partial charge < -0.3 is 10.5 Å². The second kappa shape index (κ2) is 6.35. The van der Waals surface area contributed by atoms with Crippen molar-refractivity contribution in [1.82, 2.24) is 14.8 Å². The van der Waals surface area contributed by atoms with E-state index >= 15 is 0 Å². The molecule has 6 heteroatoms. The van der Waals surface area contributed by atoms with E-state index in [0.29, 0.717) is 18.2 Å². The number of aromatic nitrogens is 3. The molecule has 5 nitrogen and oxygen atoms in total. The first-order chi connectivity index (χ1) is 9.54. The molecule has 0 aromatic carbocycles. The van der Waals surface area contributed by atoms with E-state index < -0.39 is 6.04 Å². The first-order valence-corrected chi connectivity index (χ1v) is 6.81. The molecule has 108 valence electrons. The van der Waals surface area contributed by atoms with Crippen LogP contribution >= 0.6 is 11.6 Å². The lowest BCUT2D eigenvalue weighted by Gasteiger charge is -2.16. The Hall–Kier alpha value is -1.43. The number of nitrogens with two attached hydrogens (primary N) is 1. The molecule has 0 bridgehead atoms. The molecule has 1 atom stereocenters. The average Bonchev–Trinajstić information content (AvgIpc) is 2.77. The number of pyridine rings is 1. The smallest absolute Gasteiger partial charge is 0.0914 e. The number of nitrogens with zero attached hydrogens (tertiary/aromatic N) is 3. The van der Waals surface area contributed by atoms with Gasteiger partial charge in [0.25, 0.3) is 0 Å². The normalized spacial score (nSPS) is 12.7. The van der Waals surface area contributed by atoms with Gasteiger partial charge in [0.1, 0.15) is 0 Å². The van der Waals surface area contributed by atoms with Crippen molar-refractivity contribution in [3.05, 3.63) is 46.0 Å². The molecule has 0 amide bonds. The predicted octanol–water partition coefficient (Wildman–Crippen LogP) is 2.24. The lowest BCUT2D eigenvalue weighted by atomic mass is 10.0. The molecule has 0 aliphatic rings. The zero-order valence-electron chi connectivity index (χ0n) is 11.9. The molecule has 2 aromatic rings. The second-order valence-electron chi connectivity index (χ2n) is 4.79. The van der Waals surface area contributed by atoms with E-state index in [0.717, 1.165) is 22.5 Å². The van der Waals surface area contributed by atoms with Crippen molar-refractivity contribution >= 4 is 11.6 Å². The molecule has 0 saturated heterocycles. The maximum Gasteiger partial charge on any atom is 0.0914 e. The summed E-state index contributed by atoms with van der Waals surface area (Å²) in [6.07, 6.45) is 3.42. The Morgan fingerprint density at radius 3 is 2.80 bits per heavy atom. The van der Waals surface area contributed by atoms with Crippen LogP contribution in [0.5, 0.6) is 0 Å². The van der Waals surface area contributed by atoms with Crippen molar-refractivity contribution in [1.29, 1.82) is 0 Å². The minimum atomic E-state index is -0.401. The zero-order chi connectivity index (χ0) is 14.7. The Morgan fingerprint density at radius 2 is 2.15 bits per heavy atom. The van der Waals surface area contributed by atoms with E-state index in [1.807, 2.05) is 20.0 Å². The molecule has 0 aliphatic carbocycles. The largest absolute Gasteiger partial charge is 0.383 e. The summed E-state index contributed by atoms with van der Waals surface area (Å²) in [6, 6.07) is 1.66. The fourth-order valence-electron chi connectivity index (χ4n) is 2.22. The molecule has 2 aromatic heterocycles. The lowest BCUT2D eigenvalue weighted by molar-refractivity contribution is 0.182. The molecule has 2 rings (SSSR count). The Labute approximate surface area is 123 Å². The summed E-state index contributed by atoms with van der Waals surface area (Å²) in [7, 11) is 1.65. The minimum absolute atomic E-state index is 0.401. The minimum Gasteiger partial charge on any atom is -0.383 e. The maximum atomic E-state index is 6.34. The van der Waals surface area contributed by atoms with E-state index in [4.69, 9.17) is 22.1 Å². The number of hydrogen-bond acceptors (Lipinski definition) is 4. The van der Waals surface area contributed by atoms with Crippen LogP contribution < -0.4 is 5.73 Å². The Morgan fingerprint density at radius 1 is 1.40 bits per heavy atom. The topological polar surface area (TPSA) is 66.0 Å².